The van der Waals surface area contributed by atoms with E-state index in [0.717, 1.165) is 12.0 Å². The number of ether oxygens (including phenoxy) is 1. The van der Waals surface area contributed by atoms with Crippen molar-refractivity contribution < 1.29 is 13.9 Å². The van der Waals surface area contributed by atoms with Gasteiger partial charge in [-0.1, -0.05) is 25.5 Å². The minimum atomic E-state index is -0.351. The second-order valence-electron chi connectivity index (χ2n) is 5.54. The van der Waals surface area contributed by atoms with Gasteiger partial charge in [-0.2, -0.15) is 0 Å². The maximum atomic E-state index is 11.0. The van der Waals surface area contributed by atoms with Gasteiger partial charge in [-0.05, 0) is 42.7 Å². The lowest BCUT2D eigenvalue weighted by atomic mass is 10.1. The Kier molecular flexibility index (Phi) is 4.42. The highest BCUT2D eigenvalue weighted by atomic mass is 16.5. The van der Waals surface area contributed by atoms with Gasteiger partial charge in [0.1, 0.15) is 11.3 Å². The molecule has 23 heavy (non-hydrogen) atoms. The van der Waals surface area contributed by atoms with Gasteiger partial charge >= 0.3 is 5.97 Å². The van der Waals surface area contributed by atoms with E-state index in [1.807, 2.05) is 12.1 Å². The van der Waals surface area contributed by atoms with E-state index in [2.05, 4.69) is 24.0 Å². The number of oxazole rings is 1. The zero-order valence-electron chi connectivity index (χ0n) is 13.3. The third-order valence-corrected chi connectivity index (χ3v) is 3.64. The third kappa shape index (κ3) is 3.59. The Morgan fingerprint density at radius 1 is 1.17 bits per heavy atom. The van der Waals surface area contributed by atoms with Gasteiger partial charge in [0.15, 0.2) is 5.58 Å². The average Bonchev–Trinajstić information content (AvgIpc) is 2.96. The third-order valence-electron chi connectivity index (χ3n) is 3.64. The molecule has 0 aliphatic carbocycles. The fourth-order valence-corrected chi connectivity index (χ4v) is 2.46. The summed E-state index contributed by atoms with van der Waals surface area (Å²) in [7, 11) is 0. The molecule has 3 aromatic rings. The van der Waals surface area contributed by atoms with Crippen molar-refractivity contribution in [2.24, 2.45) is 0 Å². The molecule has 118 valence electrons. The van der Waals surface area contributed by atoms with Crippen LogP contribution < -0.4 is 4.74 Å². The summed E-state index contributed by atoms with van der Waals surface area (Å²) in [5.41, 5.74) is 3.61. The number of nitrogens with zero attached hydrogens (tertiary/aromatic N) is 1. The van der Waals surface area contributed by atoms with Crippen molar-refractivity contribution in [1.82, 2.24) is 4.98 Å². The second-order valence-corrected chi connectivity index (χ2v) is 5.54. The van der Waals surface area contributed by atoms with Crippen molar-refractivity contribution in [2.45, 2.75) is 33.1 Å². The number of rotatable bonds is 5. The van der Waals surface area contributed by atoms with Crippen LogP contribution in [0.15, 0.2) is 46.9 Å². The number of fused-ring (bicyclic) bond motifs is 1. The van der Waals surface area contributed by atoms with E-state index in [1.54, 1.807) is 18.2 Å². The summed E-state index contributed by atoms with van der Waals surface area (Å²) >= 11 is 0. The molecule has 0 saturated carbocycles. The Hall–Kier alpha value is -2.62. The monoisotopic (exact) mass is 309 g/mol. The highest BCUT2D eigenvalue weighted by Gasteiger charge is 2.10. The summed E-state index contributed by atoms with van der Waals surface area (Å²) < 4.78 is 10.9. The van der Waals surface area contributed by atoms with E-state index < -0.39 is 0 Å². The minimum Gasteiger partial charge on any atom is -0.436 e. The van der Waals surface area contributed by atoms with Crippen LogP contribution in [-0.2, 0) is 11.2 Å². The zero-order valence-corrected chi connectivity index (χ0v) is 13.3. The molecule has 4 nitrogen and oxygen atoms in total. The Morgan fingerprint density at radius 3 is 2.65 bits per heavy atom. The lowest BCUT2D eigenvalue weighted by molar-refractivity contribution is -0.131. The van der Waals surface area contributed by atoms with Crippen LogP contribution in [0.4, 0.5) is 0 Å². The van der Waals surface area contributed by atoms with Gasteiger partial charge < -0.3 is 9.15 Å². The molecule has 2 aromatic carbocycles. The van der Waals surface area contributed by atoms with Crippen LogP contribution in [0.5, 0.6) is 5.75 Å². The smallest absolute Gasteiger partial charge is 0.308 e. The Morgan fingerprint density at radius 2 is 1.96 bits per heavy atom. The minimum absolute atomic E-state index is 0.351. The predicted molar refractivity (Wildman–Crippen MR) is 89.4 cm³/mol. The Labute approximate surface area is 135 Å². The molecular formula is C19H19NO3. The van der Waals surface area contributed by atoms with Crippen molar-refractivity contribution in [3.05, 3.63) is 48.0 Å². The van der Waals surface area contributed by atoms with Crippen LogP contribution in [0.3, 0.4) is 0 Å². The molecule has 0 amide bonds. The van der Waals surface area contributed by atoms with Gasteiger partial charge in [-0.25, -0.2) is 4.98 Å². The molecular weight excluding hydrogens is 290 g/mol. The van der Waals surface area contributed by atoms with E-state index in [0.29, 0.717) is 22.7 Å². The first-order valence-electron chi connectivity index (χ1n) is 7.84. The predicted octanol–water partition coefficient (Wildman–Crippen LogP) is 4.76. The number of hydrogen-bond donors (Lipinski definition) is 0. The maximum absolute atomic E-state index is 11.0. The van der Waals surface area contributed by atoms with Crippen molar-refractivity contribution in [1.29, 1.82) is 0 Å². The highest BCUT2D eigenvalue weighted by molar-refractivity contribution is 5.79. The highest BCUT2D eigenvalue weighted by Crippen LogP contribution is 2.27. The van der Waals surface area contributed by atoms with Crippen LogP contribution in [-0.4, -0.2) is 11.0 Å². The summed E-state index contributed by atoms with van der Waals surface area (Å²) in [6.07, 6.45) is 3.48. The van der Waals surface area contributed by atoms with E-state index in [1.165, 1.54) is 25.3 Å². The number of benzene rings is 2. The van der Waals surface area contributed by atoms with Gasteiger partial charge in [-0.15, -0.1) is 0 Å². The molecule has 0 N–H and O–H groups in total. The number of aryl methyl sites for hydroxylation is 1. The number of aromatic nitrogens is 1. The molecule has 0 unspecified atom stereocenters. The molecule has 0 fully saturated rings. The molecule has 0 spiro atoms. The number of carbonyl (C=O) groups excluding carboxylic acids is 1. The van der Waals surface area contributed by atoms with Crippen LogP contribution in [0, 0.1) is 0 Å². The summed E-state index contributed by atoms with van der Waals surface area (Å²) in [6, 6.07) is 13.5. The van der Waals surface area contributed by atoms with Gasteiger partial charge in [0.25, 0.3) is 0 Å². The van der Waals surface area contributed by atoms with Gasteiger partial charge in [0.2, 0.25) is 5.89 Å². The molecule has 4 heteroatoms. The number of esters is 1. The van der Waals surface area contributed by atoms with Crippen molar-refractivity contribution in [2.75, 3.05) is 0 Å². The van der Waals surface area contributed by atoms with Crippen LogP contribution in [0.25, 0.3) is 22.6 Å². The molecule has 1 aromatic heterocycles. The van der Waals surface area contributed by atoms with Crippen molar-refractivity contribution in [3.63, 3.8) is 0 Å². The fraction of sp³-hybridized carbons (Fsp3) is 0.263. The molecule has 1 heterocycles. The van der Waals surface area contributed by atoms with E-state index >= 15 is 0 Å². The summed E-state index contributed by atoms with van der Waals surface area (Å²) in [4.78, 5) is 15.5. The number of carbonyl (C=O) groups is 1. The second kappa shape index (κ2) is 6.65. The number of unbranched alkanes of at least 4 members (excludes halogenated alkanes) is 1. The molecule has 0 saturated heterocycles. The largest absolute Gasteiger partial charge is 0.436 e. The Balaban J connectivity index is 1.86. The van der Waals surface area contributed by atoms with Gasteiger partial charge in [0.05, 0.1) is 0 Å². The Bertz CT molecular complexity index is 818. The normalized spacial score (nSPS) is 10.9. The van der Waals surface area contributed by atoms with Crippen molar-refractivity contribution in [3.8, 4) is 17.2 Å². The maximum Gasteiger partial charge on any atom is 0.308 e. The average molecular weight is 309 g/mol. The van der Waals surface area contributed by atoms with Crippen molar-refractivity contribution >= 4 is 17.1 Å². The first-order chi connectivity index (χ1) is 11.2. The number of hydrogen-bond acceptors (Lipinski definition) is 4. The quantitative estimate of drug-likeness (QED) is 0.503. The topological polar surface area (TPSA) is 52.3 Å². The van der Waals surface area contributed by atoms with E-state index in [-0.39, 0.29) is 5.97 Å². The van der Waals surface area contributed by atoms with Gasteiger partial charge in [0, 0.05) is 18.6 Å². The molecule has 0 aliphatic heterocycles. The van der Waals surface area contributed by atoms with Gasteiger partial charge in [-0.3, -0.25) is 4.79 Å². The lowest BCUT2D eigenvalue weighted by Crippen LogP contribution is -2.00. The SMILES string of the molecule is CCCCc1ccc(-c2nc3cc(OC(C)=O)ccc3o2)cc1. The van der Waals surface area contributed by atoms with E-state index in [4.69, 9.17) is 9.15 Å². The lowest BCUT2D eigenvalue weighted by Gasteiger charge is -2.00. The molecule has 0 atom stereocenters. The zero-order chi connectivity index (χ0) is 16.2. The molecule has 0 radical (unpaired) electrons. The molecule has 0 bridgehead atoms. The fourth-order valence-electron chi connectivity index (χ4n) is 2.46. The summed E-state index contributed by atoms with van der Waals surface area (Å²) in [6.45, 7) is 3.56. The molecule has 0 aliphatic rings. The first-order valence-corrected chi connectivity index (χ1v) is 7.84. The van der Waals surface area contributed by atoms with E-state index in [9.17, 15) is 4.79 Å². The first kappa shape index (κ1) is 15.3. The van der Waals surface area contributed by atoms with Crippen LogP contribution >= 0.6 is 0 Å². The summed E-state index contributed by atoms with van der Waals surface area (Å²) in [5, 5.41) is 0. The standard InChI is InChI=1S/C19H19NO3/c1-3-4-5-14-6-8-15(9-7-14)19-20-17-12-16(22-13(2)21)10-11-18(17)23-19/h6-12H,3-5H2,1-2H3. The molecule has 3 rings (SSSR count). The summed E-state index contributed by atoms with van der Waals surface area (Å²) in [5.74, 6) is 0.692. The van der Waals surface area contributed by atoms with Crippen LogP contribution in [0.2, 0.25) is 0 Å². The van der Waals surface area contributed by atoms with Crippen LogP contribution in [0.1, 0.15) is 32.3 Å².